The molecule has 0 N–H and O–H groups in total. The van der Waals surface area contributed by atoms with Gasteiger partial charge in [-0.15, -0.1) is 12.1 Å². The second-order valence-corrected chi connectivity index (χ2v) is 18.8. The van der Waals surface area contributed by atoms with Crippen molar-refractivity contribution >= 4 is 16.4 Å². The zero-order valence-electron chi connectivity index (χ0n) is 16.0. The van der Waals surface area contributed by atoms with Crippen LogP contribution < -0.4 is 0 Å². The van der Waals surface area contributed by atoms with Crippen LogP contribution in [0.4, 0.5) is 0 Å². The molecule has 0 bridgehead atoms. The number of allylic oxidation sites excluding steroid dienone is 1. The summed E-state index contributed by atoms with van der Waals surface area (Å²) in [7, 11) is -3.22. The molecule has 0 aliphatic carbocycles. The third kappa shape index (κ3) is 6.99. The molecule has 0 aromatic carbocycles. The van der Waals surface area contributed by atoms with Gasteiger partial charge in [0.05, 0.1) is 0 Å². The topological polar surface area (TPSA) is 9.23 Å². The normalized spacial score (nSPS) is 15.1. The van der Waals surface area contributed by atoms with E-state index >= 15 is 0 Å². The SMILES string of the molecule is C=CCC(C)(C)C(C#C[Si](C)(C)C)O[Si](C)(C)C(C)(C)C. The molecule has 0 rings (SSSR count). The fraction of sp³-hybridized carbons (Fsp3) is 0.778. The molecule has 0 aliphatic heterocycles. The largest absolute Gasteiger partial charge is 0.403 e. The van der Waals surface area contributed by atoms with Gasteiger partial charge < -0.3 is 4.43 Å². The van der Waals surface area contributed by atoms with Gasteiger partial charge in [-0.3, -0.25) is 0 Å². The Kier molecular flexibility index (Phi) is 6.75. The van der Waals surface area contributed by atoms with Gasteiger partial charge in [0.15, 0.2) is 8.32 Å². The van der Waals surface area contributed by atoms with Gasteiger partial charge >= 0.3 is 0 Å². The molecule has 0 radical (unpaired) electrons. The summed E-state index contributed by atoms with van der Waals surface area (Å²) in [6, 6.07) is 0. The van der Waals surface area contributed by atoms with Crippen molar-refractivity contribution in [1.82, 2.24) is 0 Å². The molecule has 1 nitrogen and oxygen atoms in total. The molecule has 0 saturated carbocycles. The Bertz CT molecular complexity index is 411. The Labute approximate surface area is 135 Å². The van der Waals surface area contributed by atoms with Gasteiger partial charge in [0.25, 0.3) is 0 Å². The highest BCUT2D eigenvalue weighted by Crippen LogP contribution is 2.40. The van der Waals surface area contributed by atoms with E-state index in [9.17, 15) is 0 Å². The van der Waals surface area contributed by atoms with E-state index in [4.69, 9.17) is 4.43 Å². The summed E-state index contributed by atoms with van der Waals surface area (Å²) in [6.07, 6.45) is 2.90. The molecule has 0 spiro atoms. The van der Waals surface area contributed by atoms with Crippen LogP contribution in [0.15, 0.2) is 12.7 Å². The first-order valence-electron chi connectivity index (χ1n) is 7.94. The molecule has 0 aromatic heterocycles. The van der Waals surface area contributed by atoms with Gasteiger partial charge in [-0.1, -0.05) is 66.3 Å². The third-order valence-corrected chi connectivity index (χ3v) is 9.51. The minimum Gasteiger partial charge on any atom is -0.403 e. The fourth-order valence-corrected chi connectivity index (χ4v) is 3.50. The third-order valence-electron chi connectivity index (χ3n) is 4.18. The average Bonchev–Trinajstić information content (AvgIpc) is 2.20. The van der Waals surface area contributed by atoms with E-state index in [-0.39, 0.29) is 16.6 Å². The highest BCUT2D eigenvalue weighted by Gasteiger charge is 2.42. The predicted molar refractivity (Wildman–Crippen MR) is 102 cm³/mol. The summed E-state index contributed by atoms with van der Waals surface area (Å²) in [5.74, 6) is 3.49. The predicted octanol–water partition coefficient (Wildman–Crippen LogP) is 5.86. The van der Waals surface area contributed by atoms with E-state index in [0.29, 0.717) is 0 Å². The lowest BCUT2D eigenvalue weighted by molar-refractivity contribution is 0.109. The number of hydrogen-bond donors (Lipinski definition) is 0. The monoisotopic (exact) mass is 324 g/mol. The molecule has 3 heteroatoms. The summed E-state index contributed by atoms with van der Waals surface area (Å²) >= 11 is 0. The second-order valence-electron chi connectivity index (χ2n) is 9.26. The molecule has 21 heavy (non-hydrogen) atoms. The molecule has 1 atom stereocenters. The van der Waals surface area contributed by atoms with E-state index in [1.807, 2.05) is 6.08 Å². The van der Waals surface area contributed by atoms with Crippen LogP contribution >= 0.6 is 0 Å². The first-order chi connectivity index (χ1) is 9.12. The van der Waals surface area contributed by atoms with E-state index in [0.717, 1.165) is 6.42 Å². The van der Waals surface area contributed by atoms with Crippen LogP contribution in [-0.4, -0.2) is 22.5 Å². The maximum absolute atomic E-state index is 6.65. The molecule has 0 aliphatic rings. The van der Waals surface area contributed by atoms with Crippen LogP contribution in [0.5, 0.6) is 0 Å². The van der Waals surface area contributed by atoms with Crippen molar-refractivity contribution in [3.8, 4) is 11.5 Å². The molecule has 0 saturated heterocycles. The Morgan fingerprint density at radius 3 is 1.86 bits per heavy atom. The zero-order valence-corrected chi connectivity index (χ0v) is 18.0. The minimum atomic E-state index is -1.82. The first kappa shape index (κ1) is 20.7. The van der Waals surface area contributed by atoms with Gasteiger partial charge in [0.2, 0.25) is 0 Å². The zero-order chi connectivity index (χ0) is 17.1. The lowest BCUT2D eigenvalue weighted by Crippen LogP contribution is -2.47. The van der Waals surface area contributed by atoms with Crippen LogP contribution in [-0.2, 0) is 4.43 Å². The maximum atomic E-state index is 6.65. The highest BCUT2D eigenvalue weighted by atomic mass is 28.4. The summed E-state index contributed by atoms with van der Waals surface area (Å²) in [5.41, 5.74) is 3.52. The van der Waals surface area contributed by atoms with E-state index in [1.54, 1.807) is 0 Å². The molecular formula is C18H36OSi2. The van der Waals surface area contributed by atoms with Crippen LogP contribution in [0.2, 0.25) is 37.8 Å². The van der Waals surface area contributed by atoms with Crippen molar-refractivity contribution in [2.45, 2.75) is 84.9 Å². The van der Waals surface area contributed by atoms with Gasteiger partial charge in [0, 0.05) is 5.41 Å². The summed E-state index contributed by atoms with van der Waals surface area (Å²) in [6.45, 7) is 26.7. The lowest BCUT2D eigenvalue weighted by atomic mass is 9.83. The van der Waals surface area contributed by atoms with Gasteiger partial charge in [-0.25, -0.2) is 0 Å². The van der Waals surface area contributed by atoms with Gasteiger partial charge in [0.1, 0.15) is 14.2 Å². The molecule has 122 valence electrons. The summed E-state index contributed by atoms with van der Waals surface area (Å²) < 4.78 is 6.65. The highest BCUT2D eigenvalue weighted by molar-refractivity contribution is 6.83. The van der Waals surface area contributed by atoms with Crippen LogP contribution in [0, 0.1) is 16.9 Å². The molecular weight excluding hydrogens is 288 g/mol. The quantitative estimate of drug-likeness (QED) is 0.349. The van der Waals surface area contributed by atoms with Crippen LogP contribution in [0.1, 0.15) is 41.0 Å². The van der Waals surface area contributed by atoms with Crippen molar-refractivity contribution in [3.63, 3.8) is 0 Å². The Hall–Kier alpha value is -0.306. The maximum Gasteiger partial charge on any atom is 0.193 e. The van der Waals surface area contributed by atoms with E-state index in [2.05, 4.69) is 85.4 Å². The van der Waals surface area contributed by atoms with Crippen LogP contribution in [0.25, 0.3) is 0 Å². The van der Waals surface area contributed by atoms with Gasteiger partial charge in [-0.2, -0.15) is 0 Å². The van der Waals surface area contributed by atoms with Gasteiger partial charge in [-0.05, 0) is 24.6 Å². The number of rotatable bonds is 5. The van der Waals surface area contributed by atoms with Crippen molar-refractivity contribution in [2.24, 2.45) is 5.41 Å². The summed E-state index contributed by atoms with van der Waals surface area (Å²) in [5, 5.41) is 0.205. The molecule has 0 fully saturated rings. The lowest BCUT2D eigenvalue weighted by Gasteiger charge is -2.42. The van der Waals surface area contributed by atoms with Crippen molar-refractivity contribution in [1.29, 1.82) is 0 Å². The second kappa shape index (κ2) is 6.85. The van der Waals surface area contributed by atoms with Crippen LogP contribution in [0.3, 0.4) is 0 Å². The molecule has 0 heterocycles. The standard InChI is InChI=1S/C18H36OSi2/c1-12-14-18(5,6)16(13-15-20(7,8)9)19-21(10,11)17(2,3)4/h12,16H,1,14H2,2-11H3. The number of hydrogen-bond acceptors (Lipinski definition) is 1. The van der Waals surface area contributed by atoms with E-state index in [1.165, 1.54) is 0 Å². The Morgan fingerprint density at radius 1 is 1.05 bits per heavy atom. The van der Waals surface area contributed by atoms with Crippen molar-refractivity contribution < 1.29 is 4.43 Å². The Balaban J connectivity index is 5.53. The van der Waals surface area contributed by atoms with Crippen molar-refractivity contribution in [3.05, 3.63) is 12.7 Å². The summed E-state index contributed by atoms with van der Waals surface area (Å²) in [4.78, 5) is 0. The van der Waals surface area contributed by atoms with Crippen molar-refractivity contribution in [2.75, 3.05) is 0 Å². The molecule has 0 amide bonds. The van der Waals surface area contributed by atoms with E-state index < -0.39 is 16.4 Å². The molecule has 1 unspecified atom stereocenters. The first-order valence-corrected chi connectivity index (χ1v) is 14.3. The Morgan fingerprint density at radius 2 is 1.52 bits per heavy atom. The average molecular weight is 325 g/mol. The minimum absolute atomic E-state index is 0.00389. The smallest absolute Gasteiger partial charge is 0.193 e. The molecule has 0 aromatic rings. The fourth-order valence-electron chi connectivity index (χ4n) is 1.62.